The number of amides is 1. The van der Waals surface area contributed by atoms with Gasteiger partial charge in [-0.15, -0.1) is 0 Å². The van der Waals surface area contributed by atoms with E-state index in [4.69, 9.17) is 4.74 Å². The van der Waals surface area contributed by atoms with E-state index >= 15 is 0 Å². The second kappa shape index (κ2) is 8.68. The van der Waals surface area contributed by atoms with Crippen molar-refractivity contribution in [3.8, 4) is 5.75 Å². The summed E-state index contributed by atoms with van der Waals surface area (Å²) in [5.74, 6) is -1.94. The second-order valence-electron chi connectivity index (χ2n) is 7.33. The van der Waals surface area contributed by atoms with Gasteiger partial charge in [0.2, 0.25) is 15.9 Å². The summed E-state index contributed by atoms with van der Waals surface area (Å²) in [6.07, 6.45) is 0.111. The molecule has 0 aromatic heterocycles. The van der Waals surface area contributed by atoms with Gasteiger partial charge in [0, 0.05) is 12.6 Å². The zero-order valence-electron chi connectivity index (χ0n) is 17.1. The molecule has 4 rings (SSSR count). The Hall–Kier alpha value is -3.30. The van der Waals surface area contributed by atoms with Crippen LogP contribution in [0.1, 0.15) is 11.1 Å². The minimum Gasteiger partial charge on any atom is -0.497 e. The van der Waals surface area contributed by atoms with Crippen molar-refractivity contribution in [2.24, 2.45) is 0 Å². The number of rotatable bonds is 5. The average Bonchev–Trinajstić information content (AvgIpc) is 2.80. The van der Waals surface area contributed by atoms with Crippen molar-refractivity contribution in [1.82, 2.24) is 4.31 Å². The maximum Gasteiger partial charge on any atom is 0.244 e. The van der Waals surface area contributed by atoms with E-state index in [1.807, 2.05) is 6.07 Å². The number of hydrogen-bond acceptors (Lipinski definition) is 4. The predicted molar refractivity (Wildman–Crippen MR) is 115 cm³/mol. The first-order valence-corrected chi connectivity index (χ1v) is 11.2. The van der Waals surface area contributed by atoms with Gasteiger partial charge in [-0.25, -0.2) is 17.2 Å². The van der Waals surface area contributed by atoms with Gasteiger partial charge in [0.05, 0.1) is 17.7 Å². The van der Waals surface area contributed by atoms with Gasteiger partial charge in [0.1, 0.15) is 23.4 Å². The van der Waals surface area contributed by atoms with Crippen molar-refractivity contribution >= 4 is 21.6 Å². The zero-order chi connectivity index (χ0) is 22.9. The highest BCUT2D eigenvalue weighted by Gasteiger charge is 2.39. The molecule has 3 aromatic rings. The number of sulfonamides is 1. The van der Waals surface area contributed by atoms with Crippen LogP contribution in [-0.2, 0) is 27.8 Å². The molecule has 32 heavy (non-hydrogen) atoms. The van der Waals surface area contributed by atoms with Crippen LogP contribution in [0.25, 0.3) is 0 Å². The molecule has 1 heterocycles. The summed E-state index contributed by atoms with van der Waals surface area (Å²) in [4.78, 5) is 13.1. The van der Waals surface area contributed by atoms with Crippen molar-refractivity contribution in [2.75, 3.05) is 12.4 Å². The zero-order valence-corrected chi connectivity index (χ0v) is 17.9. The van der Waals surface area contributed by atoms with Gasteiger partial charge < -0.3 is 10.1 Å². The van der Waals surface area contributed by atoms with E-state index in [-0.39, 0.29) is 23.5 Å². The predicted octanol–water partition coefficient (Wildman–Crippen LogP) is 3.73. The largest absolute Gasteiger partial charge is 0.497 e. The molecule has 1 atom stereocenters. The van der Waals surface area contributed by atoms with Crippen LogP contribution in [0.15, 0.2) is 71.6 Å². The number of halogens is 2. The molecule has 0 saturated heterocycles. The van der Waals surface area contributed by atoms with Crippen LogP contribution in [0.2, 0.25) is 0 Å². The summed E-state index contributed by atoms with van der Waals surface area (Å²) in [6, 6.07) is 14.7. The van der Waals surface area contributed by atoms with Crippen LogP contribution in [0.5, 0.6) is 5.75 Å². The number of anilines is 1. The van der Waals surface area contributed by atoms with Crippen molar-refractivity contribution < 1.29 is 26.7 Å². The number of methoxy groups -OCH3 is 1. The van der Waals surface area contributed by atoms with Gasteiger partial charge in [-0.3, -0.25) is 4.79 Å². The monoisotopic (exact) mass is 458 g/mol. The highest BCUT2D eigenvalue weighted by molar-refractivity contribution is 7.89. The average molecular weight is 458 g/mol. The third-order valence-corrected chi connectivity index (χ3v) is 7.23. The Labute approximate surface area is 184 Å². The highest BCUT2D eigenvalue weighted by atomic mass is 32.2. The highest BCUT2D eigenvalue weighted by Crippen LogP contribution is 2.30. The van der Waals surface area contributed by atoms with Gasteiger partial charge in [-0.2, -0.15) is 4.31 Å². The summed E-state index contributed by atoms with van der Waals surface area (Å²) < 4.78 is 60.4. The third-order valence-electron chi connectivity index (χ3n) is 5.36. The lowest BCUT2D eigenvalue weighted by Gasteiger charge is -2.35. The molecule has 9 heteroatoms. The Balaban J connectivity index is 1.71. The van der Waals surface area contributed by atoms with Gasteiger partial charge in [-0.05, 0) is 53.9 Å². The van der Waals surface area contributed by atoms with Crippen LogP contribution < -0.4 is 10.1 Å². The molecule has 0 aliphatic carbocycles. The number of nitrogens with zero attached hydrogens (tertiary/aromatic N) is 1. The van der Waals surface area contributed by atoms with E-state index in [0.29, 0.717) is 11.8 Å². The molecule has 1 amide bonds. The number of ether oxygens (including phenoxy) is 1. The lowest BCUT2D eigenvalue weighted by atomic mass is 9.95. The molecule has 0 bridgehead atoms. The molecule has 3 aromatic carbocycles. The fraction of sp³-hybridized carbons (Fsp3) is 0.174. The maximum absolute atomic E-state index is 14.1. The minimum absolute atomic E-state index is 0.00319. The van der Waals surface area contributed by atoms with Crippen molar-refractivity contribution in [3.05, 3.63) is 89.5 Å². The van der Waals surface area contributed by atoms with Crippen LogP contribution in [-0.4, -0.2) is 31.8 Å². The van der Waals surface area contributed by atoms with E-state index in [2.05, 4.69) is 5.32 Å². The van der Waals surface area contributed by atoms with E-state index < -0.39 is 33.6 Å². The van der Waals surface area contributed by atoms with E-state index in [9.17, 15) is 22.0 Å². The Kier molecular flexibility index (Phi) is 5.94. The molecular weight excluding hydrogens is 438 g/mol. The van der Waals surface area contributed by atoms with Crippen LogP contribution >= 0.6 is 0 Å². The normalized spacial score (nSPS) is 16.3. The van der Waals surface area contributed by atoms with E-state index in [0.717, 1.165) is 27.6 Å². The molecule has 6 nitrogen and oxygen atoms in total. The van der Waals surface area contributed by atoms with Crippen molar-refractivity contribution in [3.63, 3.8) is 0 Å². The molecule has 1 N–H and O–H groups in total. The van der Waals surface area contributed by atoms with Gasteiger partial charge >= 0.3 is 0 Å². The third kappa shape index (κ3) is 4.21. The summed E-state index contributed by atoms with van der Waals surface area (Å²) in [5, 5.41) is 2.40. The summed E-state index contributed by atoms with van der Waals surface area (Å²) in [7, 11) is -2.60. The van der Waals surface area contributed by atoms with Crippen molar-refractivity contribution in [1.29, 1.82) is 0 Å². The summed E-state index contributed by atoms with van der Waals surface area (Å²) >= 11 is 0. The number of fused-ring (bicyclic) bond motifs is 1. The molecule has 0 spiro atoms. The first kappa shape index (κ1) is 21.9. The maximum atomic E-state index is 14.1. The minimum atomic E-state index is -4.07. The quantitative estimate of drug-likeness (QED) is 0.632. The molecule has 1 aliphatic rings. The molecule has 0 fully saturated rings. The number of nitrogens with one attached hydrogen (secondary N) is 1. The number of hydrogen-bond donors (Lipinski definition) is 1. The fourth-order valence-corrected chi connectivity index (χ4v) is 5.23. The Morgan fingerprint density at radius 3 is 2.38 bits per heavy atom. The van der Waals surface area contributed by atoms with Gasteiger partial charge in [0.25, 0.3) is 0 Å². The first-order chi connectivity index (χ1) is 15.3. The topological polar surface area (TPSA) is 75.7 Å². The Morgan fingerprint density at radius 1 is 1.03 bits per heavy atom. The molecule has 0 radical (unpaired) electrons. The van der Waals surface area contributed by atoms with E-state index in [1.54, 1.807) is 18.2 Å². The van der Waals surface area contributed by atoms with E-state index in [1.165, 1.54) is 31.4 Å². The van der Waals surface area contributed by atoms with Gasteiger partial charge in [0.15, 0.2) is 0 Å². The lowest BCUT2D eigenvalue weighted by molar-refractivity contribution is -0.120. The number of carbonyl (C=O) groups is 1. The van der Waals surface area contributed by atoms with Crippen LogP contribution in [0, 0.1) is 11.6 Å². The first-order valence-electron chi connectivity index (χ1n) is 9.78. The SMILES string of the molecule is COc1ccc(S(=O)(=O)N2Cc3ccccc3C[C@H]2C(=O)Nc2ccc(F)cc2F)cc1. The second-order valence-corrected chi connectivity index (χ2v) is 9.22. The van der Waals surface area contributed by atoms with Gasteiger partial charge in [-0.1, -0.05) is 24.3 Å². The molecule has 1 aliphatic heterocycles. The van der Waals surface area contributed by atoms with Crippen LogP contribution in [0.3, 0.4) is 0 Å². The Bertz CT molecular complexity index is 1260. The van der Waals surface area contributed by atoms with Crippen LogP contribution in [0.4, 0.5) is 14.5 Å². The standard InChI is InChI=1S/C23H20F2N2O4S/c1-31-18-7-9-19(10-8-18)32(29,30)27-14-16-5-3-2-4-15(16)12-22(27)23(28)26-21-11-6-17(24)13-20(21)25/h2-11,13,22H,12,14H2,1H3,(H,26,28)/t22-/m0/s1. The fourth-order valence-electron chi connectivity index (χ4n) is 3.67. The smallest absolute Gasteiger partial charge is 0.244 e. The Morgan fingerprint density at radius 2 is 1.72 bits per heavy atom. The van der Waals surface area contributed by atoms with Crippen molar-refractivity contribution in [2.45, 2.75) is 23.9 Å². The lowest BCUT2D eigenvalue weighted by Crippen LogP contribution is -2.50. The molecule has 166 valence electrons. The molecule has 0 saturated carbocycles. The summed E-state index contributed by atoms with van der Waals surface area (Å²) in [6.45, 7) is -0.0193. The molecule has 0 unspecified atom stereocenters. The number of benzene rings is 3. The molecular formula is C23H20F2N2O4S. The number of carbonyl (C=O) groups excluding carboxylic acids is 1. The summed E-state index contributed by atoms with van der Waals surface area (Å²) in [5.41, 5.74) is 1.38.